The van der Waals surface area contributed by atoms with Crippen LogP contribution in [0, 0.1) is 5.92 Å². The fraction of sp³-hybridized carbons (Fsp3) is 0.667. The van der Waals surface area contributed by atoms with Gasteiger partial charge in [-0.3, -0.25) is 9.88 Å². The quantitative estimate of drug-likeness (QED) is 0.802. The molecule has 1 aromatic rings. The number of hydrogen-bond acceptors (Lipinski definition) is 6. The number of amides is 1. The minimum atomic E-state index is -3.09. The van der Waals surface area contributed by atoms with Crippen LogP contribution in [0.25, 0.3) is 0 Å². The van der Waals surface area contributed by atoms with Crippen molar-refractivity contribution < 1.29 is 17.9 Å². The smallest absolute Gasteiger partial charge is 0.415 e. The van der Waals surface area contributed by atoms with Gasteiger partial charge in [-0.05, 0) is 32.1 Å². The van der Waals surface area contributed by atoms with Crippen molar-refractivity contribution in [3.8, 4) is 0 Å². The highest BCUT2D eigenvalue weighted by Gasteiger charge is 2.30. The SMILES string of the molecule is C[C@H]1CN(c2cnc(CC3CCN(S(C)(=O)=O)CC3)cn2)C(=O)O1. The highest BCUT2D eigenvalue weighted by molar-refractivity contribution is 7.88. The summed E-state index contributed by atoms with van der Waals surface area (Å²) in [5, 5.41) is 0. The first-order valence-corrected chi connectivity index (χ1v) is 9.92. The van der Waals surface area contributed by atoms with Crippen LogP contribution < -0.4 is 4.90 Å². The maximum Gasteiger partial charge on any atom is 0.415 e. The number of hydrogen-bond donors (Lipinski definition) is 0. The molecule has 2 aliphatic heterocycles. The van der Waals surface area contributed by atoms with E-state index in [-0.39, 0.29) is 6.10 Å². The minimum absolute atomic E-state index is 0.140. The third-order valence-corrected chi connectivity index (χ3v) is 5.77. The first-order chi connectivity index (χ1) is 11.3. The summed E-state index contributed by atoms with van der Waals surface area (Å²) in [6.07, 6.45) is 6.43. The molecular weight excluding hydrogens is 332 g/mol. The number of ether oxygens (including phenoxy) is 1. The second-order valence-electron chi connectivity index (χ2n) is 6.48. The first kappa shape index (κ1) is 17.1. The highest BCUT2D eigenvalue weighted by atomic mass is 32.2. The van der Waals surface area contributed by atoms with Crippen LogP contribution in [-0.4, -0.2) is 60.8 Å². The number of piperidine rings is 1. The highest BCUT2D eigenvalue weighted by Crippen LogP contribution is 2.23. The molecule has 2 aliphatic rings. The predicted molar refractivity (Wildman–Crippen MR) is 88.2 cm³/mol. The lowest BCUT2D eigenvalue weighted by Crippen LogP contribution is -2.38. The number of carbonyl (C=O) groups excluding carboxylic acids is 1. The van der Waals surface area contributed by atoms with Crippen LogP contribution in [0.1, 0.15) is 25.5 Å². The standard InChI is InChI=1S/C15H22N4O4S/c1-11-10-19(15(20)23-11)14-9-16-13(8-17-14)7-12-3-5-18(6-4-12)24(2,21)22/h8-9,11-12H,3-7,10H2,1-2H3/t11-/m0/s1. The van der Waals surface area contributed by atoms with Crippen LogP contribution in [0.5, 0.6) is 0 Å². The lowest BCUT2D eigenvalue weighted by molar-refractivity contribution is 0.150. The summed E-state index contributed by atoms with van der Waals surface area (Å²) in [5.41, 5.74) is 0.858. The van der Waals surface area contributed by atoms with Crippen molar-refractivity contribution in [3.63, 3.8) is 0 Å². The fourth-order valence-electron chi connectivity index (χ4n) is 3.13. The molecule has 0 aromatic carbocycles. The zero-order chi connectivity index (χ0) is 17.3. The third-order valence-electron chi connectivity index (χ3n) is 4.47. The summed E-state index contributed by atoms with van der Waals surface area (Å²) in [5.74, 6) is 0.903. The van der Waals surface area contributed by atoms with Crippen LogP contribution in [0.15, 0.2) is 12.4 Å². The van der Waals surface area contributed by atoms with Gasteiger partial charge in [0, 0.05) is 13.1 Å². The second-order valence-corrected chi connectivity index (χ2v) is 8.46. The van der Waals surface area contributed by atoms with Gasteiger partial charge >= 0.3 is 6.09 Å². The Kier molecular flexibility index (Phi) is 4.73. The number of nitrogens with zero attached hydrogens (tertiary/aromatic N) is 4. The van der Waals surface area contributed by atoms with Crippen molar-refractivity contribution in [2.75, 3.05) is 30.8 Å². The Balaban J connectivity index is 1.57. The first-order valence-electron chi connectivity index (χ1n) is 8.07. The molecule has 1 aromatic heterocycles. The Labute approximate surface area is 141 Å². The Morgan fingerprint density at radius 2 is 1.96 bits per heavy atom. The molecule has 2 fully saturated rings. The molecule has 0 spiro atoms. The van der Waals surface area contributed by atoms with Gasteiger partial charge < -0.3 is 4.74 Å². The molecule has 1 atom stereocenters. The molecule has 8 nitrogen and oxygen atoms in total. The van der Waals surface area contributed by atoms with Gasteiger partial charge in [0.05, 0.1) is 30.9 Å². The maximum atomic E-state index is 11.7. The summed E-state index contributed by atoms with van der Waals surface area (Å²) in [6.45, 7) is 3.44. The molecule has 0 radical (unpaired) electrons. The third kappa shape index (κ3) is 3.84. The number of anilines is 1. The van der Waals surface area contributed by atoms with Gasteiger partial charge in [-0.15, -0.1) is 0 Å². The molecule has 0 unspecified atom stereocenters. The Hall–Kier alpha value is -1.74. The molecule has 1 amide bonds. The van der Waals surface area contributed by atoms with Crippen LogP contribution >= 0.6 is 0 Å². The maximum absolute atomic E-state index is 11.7. The van der Waals surface area contributed by atoms with Crippen molar-refractivity contribution in [2.24, 2.45) is 5.92 Å². The number of rotatable bonds is 4. The molecule has 2 saturated heterocycles. The molecular formula is C15H22N4O4S. The minimum Gasteiger partial charge on any atom is -0.444 e. The Bertz CT molecular complexity index is 699. The van der Waals surface area contributed by atoms with Gasteiger partial charge in [0.1, 0.15) is 6.10 Å². The average Bonchev–Trinajstić information content (AvgIpc) is 2.86. The normalized spacial score (nSPS) is 23.5. The summed E-state index contributed by atoms with van der Waals surface area (Å²) in [7, 11) is -3.09. The number of cyclic esters (lactones) is 1. The summed E-state index contributed by atoms with van der Waals surface area (Å²) >= 11 is 0. The van der Waals surface area contributed by atoms with Gasteiger partial charge in [0.15, 0.2) is 5.82 Å². The number of aromatic nitrogens is 2. The van der Waals surface area contributed by atoms with Crippen molar-refractivity contribution in [1.82, 2.24) is 14.3 Å². The van der Waals surface area contributed by atoms with E-state index in [2.05, 4.69) is 9.97 Å². The van der Waals surface area contributed by atoms with E-state index in [0.29, 0.717) is 31.4 Å². The van der Waals surface area contributed by atoms with Gasteiger partial charge in [-0.1, -0.05) is 0 Å². The van der Waals surface area contributed by atoms with E-state index in [9.17, 15) is 13.2 Å². The van der Waals surface area contributed by atoms with Crippen molar-refractivity contribution >= 4 is 21.9 Å². The molecule has 3 rings (SSSR count). The van der Waals surface area contributed by atoms with E-state index in [1.807, 2.05) is 6.92 Å². The average molecular weight is 354 g/mol. The predicted octanol–water partition coefficient (Wildman–Crippen LogP) is 1.04. The van der Waals surface area contributed by atoms with Crippen LogP contribution in [0.3, 0.4) is 0 Å². The molecule has 0 aliphatic carbocycles. The largest absolute Gasteiger partial charge is 0.444 e. The van der Waals surface area contributed by atoms with E-state index >= 15 is 0 Å². The molecule has 0 saturated carbocycles. The second kappa shape index (κ2) is 6.64. The zero-order valence-corrected chi connectivity index (χ0v) is 14.7. The zero-order valence-electron chi connectivity index (χ0n) is 13.9. The fourth-order valence-corrected chi connectivity index (χ4v) is 4.00. The summed E-state index contributed by atoms with van der Waals surface area (Å²) in [4.78, 5) is 21.9. The lowest BCUT2D eigenvalue weighted by atomic mass is 9.93. The monoisotopic (exact) mass is 354 g/mol. The van der Waals surface area contributed by atoms with Crippen LogP contribution in [0.4, 0.5) is 10.6 Å². The topological polar surface area (TPSA) is 92.7 Å². The summed E-state index contributed by atoms with van der Waals surface area (Å²) < 4.78 is 29.7. The summed E-state index contributed by atoms with van der Waals surface area (Å²) in [6, 6.07) is 0. The van der Waals surface area contributed by atoms with Gasteiger partial charge in [-0.2, -0.15) is 0 Å². The van der Waals surface area contributed by atoms with E-state index in [1.165, 1.54) is 15.5 Å². The van der Waals surface area contributed by atoms with E-state index in [4.69, 9.17) is 4.74 Å². The van der Waals surface area contributed by atoms with Crippen LogP contribution in [-0.2, 0) is 21.2 Å². The van der Waals surface area contributed by atoms with Crippen molar-refractivity contribution in [3.05, 3.63) is 18.1 Å². The van der Waals surface area contributed by atoms with E-state index in [1.54, 1.807) is 12.4 Å². The molecule has 3 heterocycles. The van der Waals surface area contributed by atoms with Crippen molar-refractivity contribution in [1.29, 1.82) is 0 Å². The Morgan fingerprint density at radius 1 is 1.25 bits per heavy atom. The number of carbonyl (C=O) groups is 1. The van der Waals surface area contributed by atoms with Crippen molar-refractivity contribution in [2.45, 2.75) is 32.3 Å². The van der Waals surface area contributed by atoms with Gasteiger partial charge in [0.2, 0.25) is 10.0 Å². The van der Waals surface area contributed by atoms with Crippen LogP contribution in [0.2, 0.25) is 0 Å². The van der Waals surface area contributed by atoms with E-state index in [0.717, 1.165) is 25.0 Å². The molecule has 0 bridgehead atoms. The molecule has 0 N–H and O–H groups in total. The molecule has 9 heteroatoms. The lowest BCUT2D eigenvalue weighted by Gasteiger charge is -2.29. The molecule has 24 heavy (non-hydrogen) atoms. The Morgan fingerprint density at radius 3 is 2.46 bits per heavy atom. The number of sulfonamides is 1. The van der Waals surface area contributed by atoms with Gasteiger partial charge in [0.25, 0.3) is 0 Å². The molecule has 132 valence electrons. The van der Waals surface area contributed by atoms with Gasteiger partial charge in [-0.25, -0.2) is 22.5 Å². The van der Waals surface area contributed by atoms with E-state index < -0.39 is 16.1 Å².